The first-order valence-electron chi connectivity index (χ1n) is 7.46. The zero-order chi connectivity index (χ0) is 17.0. The molecule has 0 spiro atoms. The van der Waals surface area contributed by atoms with Crippen LogP contribution in [0, 0.1) is 5.92 Å². The van der Waals surface area contributed by atoms with Crippen LogP contribution in [0.3, 0.4) is 0 Å². The number of rotatable bonds is 3. The maximum atomic E-state index is 12.5. The predicted molar refractivity (Wildman–Crippen MR) is 76.7 cm³/mol. The summed E-state index contributed by atoms with van der Waals surface area (Å²) in [5, 5.41) is 0. The lowest BCUT2D eigenvalue weighted by Crippen LogP contribution is -2.42. The minimum Gasteiger partial charge on any atom is -0.466 e. The molecule has 1 fully saturated rings. The Kier molecular flexibility index (Phi) is 5.28. The summed E-state index contributed by atoms with van der Waals surface area (Å²) in [6.07, 6.45) is -3.12. The summed E-state index contributed by atoms with van der Waals surface area (Å²) in [5.74, 6) is -1.08. The summed E-state index contributed by atoms with van der Waals surface area (Å²) < 4.78 is 42.6. The van der Waals surface area contributed by atoms with E-state index in [2.05, 4.69) is 0 Å². The molecule has 0 aliphatic carbocycles. The van der Waals surface area contributed by atoms with E-state index in [4.69, 9.17) is 4.74 Å². The first-order valence-corrected chi connectivity index (χ1v) is 7.46. The van der Waals surface area contributed by atoms with Gasteiger partial charge in [0.05, 0.1) is 18.1 Å². The molecule has 0 radical (unpaired) electrons. The number of likely N-dealkylation sites (tertiary alicyclic amines) is 1. The van der Waals surface area contributed by atoms with Crippen molar-refractivity contribution < 1.29 is 27.5 Å². The molecule has 1 heterocycles. The fraction of sp³-hybridized carbons (Fsp3) is 0.500. The van der Waals surface area contributed by atoms with Crippen molar-refractivity contribution in [1.82, 2.24) is 4.90 Å². The summed E-state index contributed by atoms with van der Waals surface area (Å²) in [6.45, 7) is 2.71. The van der Waals surface area contributed by atoms with E-state index in [0.717, 1.165) is 12.1 Å². The number of carbonyl (C=O) groups excluding carboxylic acids is 2. The highest BCUT2D eigenvalue weighted by Crippen LogP contribution is 2.29. The number of alkyl halides is 3. The predicted octanol–water partition coefficient (Wildman–Crippen LogP) is 3.12. The number of amides is 1. The molecule has 1 aliphatic rings. The zero-order valence-electron chi connectivity index (χ0n) is 12.7. The number of hydrogen-bond acceptors (Lipinski definition) is 3. The number of piperidine rings is 1. The Morgan fingerprint density at radius 3 is 2.48 bits per heavy atom. The zero-order valence-corrected chi connectivity index (χ0v) is 12.7. The lowest BCUT2D eigenvalue weighted by atomic mass is 9.97. The van der Waals surface area contributed by atoms with Crippen LogP contribution in [0.15, 0.2) is 24.3 Å². The summed E-state index contributed by atoms with van der Waals surface area (Å²) in [5.41, 5.74) is -0.611. The summed E-state index contributed by atoms with van der Waals surface area (Å²) in [6, 6.07) is 4.11. The SMILES string of the molecule is CCOC(=O)[C@@H]1CCCN(C(=O)c2ccc(C(F)(F)F)cc2)C1. The maximum absolute atomic E-state index is 12.5. The fourth-order valence-electron chi connectivity index (χ4n) is 2.60. The molecule has 1 saturated heterocycles. The van der Waals surface area contributed by atoms with E-state index in [1.807, 2.05) is 0 Å². The third-order valence-corrected chi connectivity index (χ3v) is 3.79. The molecular weight excluding hydrogens is 311 g/mol. The Bertz CT molecular complexity index is 569. The van der Waals surface area contributed by atoms with Crippen molar-refractivity contribution in [2.45, 2.75) is 25.9 Å². The maximum Gasteiger partial charge on any atom is 0.416 e. The normalized spacial score (nSPS) is 18.6. The van der Waals surface area contributed by atoms with Gasteiger partial charge in [-0.1, -0.05) is 0 Å². The molecule has 7 heteroatoms. The van der Waals surface area contributed by atoms with Crippen LogP contribution < -0.4 is 0 Å². The molecule has 2 rings (SSSR count). The van der Waals surface area contributed by atoms with Gasteiger partial charge in [0.15, 0.2) is 0 Å². The Morgan fingerprint density at radius 1 is 1.26 bits per heavy atom. The quantitative estimate of drug-likeness (QED) is 0.801. The number of esters is 1. The average molecular weight is 329 g/mol. The lowest BCUT2D eigenvalue weighted by molar-refractivity contribution is -0.149. The molecule has 1 amide bonds. The number of carbonyl (C=O) groups is 2. The van der Waals surface area contributed by atoms with E-state index in [1.165, 1.54) is 17.0 Å². The molecular formula is C16H18F3NO3. The third-order valence-electron chi connectivity index (χ3n) is 3.79. The van der Waals surface area contributed by atoms with Gasteiger partial charge in [0.25, 0.3) is 5.91 Å². The number of hydrogen-bond donors (Lipinski definition) is 0. The number of nitrogens with zero attached hydrogens (tertiary/aromatic N) is 1. The van der Waals surface area contributed by atoms with Crippen molar-refractivity contribution >= 4 is 11.9 Å². The Labute approximate surface area is 132 Å². The summed E-state index contributed by atoms with van der Waals surface area (Å²) >= 11 is 0. The Balaban J connectivity index is 2.06. The largest absolute Gasteiger partial charge is 0.466 e. The van der Waals surface area contributed by atoms with Gasteiger partial charge in [-0.2, -0.15) is 13.2 Å². The van der Waals surface area contributed by atoms with Gasteiger partial charge >= 0.3 is 12.1 Å². The smallest absolute Gasteiger partial charge is 0.416 e. The van der Waals surface area contributed by atoms with Crippen molar-refractivity contribution in [3.63, 3.8) is 0 Å². The highest BCUT2D eigenvalue weighted by atomic mass is 19.4. The van der Waals surface area contributed by atoms with Crippen LogP contribution in [0.5, 0.6) is 0 Å². The molecule has 1 aromatic rings. The summed E-state index contributed by atoms with van der Waals surface area (Å²) in [4.78, 5) is 25.6. The molecule has 0 N–H and O–H groups in total. The molecule has 0 saturated carbocycles. The first-order chi connectivity index (χ1) is 10.8. The second kappa shape index (κ2) is 7.02. The molecule has 1 aromatic carbocycles. The van der Waals surface area contributed by atoms with Crippen LogP contribution in [-0.4, -0.2) is 36.5 Å². The number of ether oxygens (including phenoxy) is 1. The van der Waals surface area contributed by atoms with Gasteiger partial charge in [0.2, 0.25) is 0 Å². The van der Waals surface area contributed by atoms with Crippen molar-refractivity contribution in [3.8, 4) is 0 Å². The monoisotopic (exact) mass is 329 g/mol. The van der Waals surface area contributed by atoms with E-state index in [0.29, 0.717) is 19.4 Å². The Morgan fingerprint density at radius 2 is 1.91 bits per heavy atom. The summed E-state index contributed by atoms with van der Waals surface area (Å²) in [7, 11) is 0. The van der Waals surface area contributed by atoms with Gasteiger partial charge in [0.1, 0.15) is 0 Å². The van der Waals surface area contributed by atoms with Crippen molar-refractivity contribution in [3.05, 3.63) is 35.4 Å². The highest BCUT2D eigenvalue weighted by molar-refractivity contribution is 5.94. The van der Waals surface area contributed by atoms with E-state index >= 15 is 0 Å². The first kappa shape index (κ1) is 17.3. The third kappa shape index (κ3) is 4.24. The lowest BCUT2D eigenvalue weighted by Gasteiger charge is -2.31. The van der Waals surface area contributed by atoms with E-state index < -0.39 is 11.7 Å². The van der Waals surface area contributed by atoms with Crippen LogP contribution >= 0.6 is 0 Å². The second-order valence-electron chi connectivity index (χ2n) is 5.42. The standard InChI is InChI=1S/C16H18F3NO3/c1-2-23-15(22)12-4-3-9-20(10-12)14(21)11-5-7-13(8-6-11)16(17,18)19/h5-8,12H,2-4,9-10H2,1H3/t12-/m1/s1. The van der Waals surface area contributed by atoms with E-state index in [9.17, 15) is 22.8 Å². The van der Waals surface area contributed by atoms with Crippen LogP contribution in [0.25, 0.3) is 0 Å². The average Bonchev–Trinajstić information content (AvgIpc) is 2.54. The minimum atomic E-state index is -4.43. The van der Waals surface area contributed by atoms with E-state index in [1.54, 1.807) is 6.92 Å². The van der Waals surface area contributed by atoms with Gasteiger partial charge in [0, 0.05) is 18.7 Å². The van der Waals surface area contributed by atoms with Crippen molar-refractivity contribution in [2.75, 3.05) is 19.7 Å². The van der Waals surface area contributed by atoms with Gasteiger partial charge in [-0.25, -0.2) is 0 Å². The van der Waals surface area contributed by atoms with Crippen molar-refractivity contribution in [1.29, 1.82) is 0 Å². The number of benzene rings is 1. The van der Waals surface area contributed by atoms with Gasteiger partial charge in [-0.15, -0.1) is 0 Å². The molecule has 4 nitrogen and oxygen atoms in total. The van der Waals surface area contributed by atoms with Crippen LogP contribution in [-0.2, 0) is 15.7 Å². The molecule has 126 valence electrons. The van der Waals surface area contributed by atoms with Crippen LogP contribution in [0.1, 0.15) is 35.7 Å². The molecule has 0 aromatic heterocycles. The molecule has 23 heavy (non-hydrogen) atoms. The fourth-order valence-corrected chi connectivity index (χ4v) is 2.60. The number of halogens is 3. The highest BCUT2D eigenvalue weighted by Gasteiger charge is 2.32. The second-order valence-corrected chi connectivity index (χ2v) is 5.42. The van der Waals surface area contributed by atoms with Crippen molar-refractivity contribution in [2.24, 2.45) is 5.92 Å². The van der Waals surface area contributed by atoms with Crippen LogP contribution in [0.2, 0.25) is 0 Å². The molecule has 1 atom stereocenters. The van der Waals surface area contributed by atoms with Gasteiger partial charge in [-0.3, -0.25) is 9.59 Å². The molecule has 1 aliphatic heterocycles. The molecule has 0 bridgehead atoms. The molecule has 0 unspecified atom stereocenters. The van der Waals surface area contributed by atoms with E-state index in [-0.39, 0.29) is 36.5 Å². The van der Waals surface area contributed by atoms with Gasteiger partial charge in [-0.05, 0) is 44.0 Å². The Hall–Kier alpha value is -2.05. The minimum absolute atomic E-state index is 0.183. The van der Waals surface area contributed by atoms with Crippen LogP contribution in [0.4, 0.5) is 13.2 Å². The topological polar surface area (TPSA) is 46.6 Å². The van der Waals surface area contributed by atoms with Gasteiger partial charge < -0.3 is 9.64 Å².